The minimum atomic E-state index is -0.508. The molecule has 0 aliphatic rings. The molecular weight excluding hydrogens is 580 g/mol. The number of carbonyl (C=O) groups excluding carboxylic acids is 1. The minimum Gasteiger partial charge on any atom is -0.458 e. The molecule has 0 aromatic heterocycles. The van der Waals surface area contributed by atoms with Crippen molar-refractivity contribution in [3.05, 3.63) is 0 Å². The van der Waals surface area contributed by atoms with Gasteiger partial charge in [0.25, 0.3) is 0 Å². The van der Waals surface area contributed by atoms with Crippen LogP contribution in [0.1, 0.15) is 47.0 Å². The fourth-order valence-electron chi connectivity index (χ4n) is 3.18. The largest absolute Gasteiger partial charge is 0.458 e. The Morgan fingerprint density at radius 3 is 0.886 bits per heavy atom. The standard InChI is InChI=1S/C31H62O13/c1-5-6-7-8-33-9-10-34-11-12-35-13-14-36-15-16-37-17-18-38-19-20-39-21-22-40-23-24-41-25-26-42-27-28-43-29-30(32)44-31(2,3)4/h5-29H2,1-4H3. The second kappa shape index (κ2) is 34.9. The average molecular weight is 643 g/mol. The molecule has 0 rings (SSSR count). The highest BCUT2D eigenvalue weighted by Gasteiger charge is 2.15. The summed E-state index contributed by atoms with van der Waals surface area (Å²) >= 11 is 0. The van der Waals surface area contributed by atoms with Crippen LogP contribution in [0.5, 0.6) is 0 Å². The van der Waals surface area contributed by atoms with E-state index in [1.807, 2.05) is 20.8 Å². The number of rotatable bonds is 36. The highest BCUT2D eigenvalue weighted by Crippen LogP contribution is 2.06. The number of hydrogen-bond acceptors (Lipinski definition) is 13. The molecule has 0 unspecified atom stereocenters. The molecule has 0 N–H and O–H groups in total. The molecule has 0 aromatic rings. The number of hydrogen-bond donors (Lipinski definition) is 0. The lowest BCUT2D eigenvalue weighted by Crippen LogP contribution is -2.27. The van der Waals surface area contributed by atoms with Gasteiger partial charge in [-0.1, -0.05) is 19.8 Å². The molecule has 13 heteroatoms. The van der Waals surface area contributed by atoms with E-state index >= 15 is 0 Å². The SMILES string of the molecule is CCCCCOCCOCCOCCOCCOCCOCCOCCOCCOCCOCCOCC(=O)OC(C)(C)C. The summed E-state index contributed by atoms with van der Waals surface area (Å²) in [6.07, 6.45) is 3.54. The molecular formula is C31H62O13. The Hall–Kier alpha value is -0.970. The van der Waals surface area contributed by atoms with Crippen molar-refractivity contribution in [2.24, 2.45) is 0 Å². The van der Waals surface area contributed by atoms with Gasteiger partial charge in [0.1, 0.15) is 12.2 Å². The Kier molecular flexibility index (Phi) is 34.1. The van der Waals surface area contributed by atoms with Crippen LogP contribution in [0.2, 0.25) is 0 Å². The van der Waals surface area contributed by atoms with E-state index < -0.39 is 5.60 Å². The van der Waals surface area contributed by atoms with Crippen molar-refractivity contribution in [1.82, 2.24) is 0 Å². The number of ether oxygens (including phenoxy) is 12. The maximum absolute atomic E-state index is 11.5. The molecule has 0 atom stereocenters. The lowest BCUT2D eigenvalue weighted by atomic mass is 10.2. The summed E-state index contributed by atoms with van der Waals surface area (Å²) in [5.74, 6) is -0.385. The summed E-state index contributed by atoms with van der Waals surface area (Å²) in [7, 11) is 0. The molecule has 0 heterocycles. The van der Waals surface area contributed by atoms with E-state index in [1.165, 1.54) is 12.8 Å². The van der Waals surface area contributed by atoms with Gasteiger partial charge in [0.15, 0.2) is 0 Å². The Labute approximate surface area is 265 Å². The van der Waals surface area contributed by atoms with Crippen molar-refractivity contribution in [2.45, 2.75) is 52.6 Å². The van der Waals surface area contributed by atoms with Crippen molar-refractivity contribution in [3.8, 4) is 0 Å². The lowest BCUT2D eigenvalue weighted by Gasteiger charge is -2.19. The van der Waals surface area contributed by atoms with Gasteiger partial charge in [-0.3, -0.25) is 0 Å². The molecule has 44 heavy (non-hydrogen) atoms. The molecule has 0 fully saturated rings. The van der Waals surface area contributed by atoms with Crippen molar-refractivity contribution < 1.29 is 61.6 Å². The first-order valence-electron chi connectivity index (χ1n) is 16.0. The van der Waals surface area contributed by atoms with Crippen LogP contribution in [0.4, 0.5) is 0 Å². The van der Waals surface area contributed by atoms with E-state index in [9.17, 15) is 4.79 Å². The molecule has 264 valence electrons. The summed E-state index contributed by atoms with van der Waals surface area (Å²) in [6, 6.07) is 0. The molecule has 0 bridgehead atoms. The number of unbranched alkanes of at least 4 members (excludes halogenated alkanes) is 2. The van der Waals surface area contributed by atoms with Crippen LogP contribution < -0.4 is 0 Å². The van der Waals surface area contributed by atoms with Crippen molar-refractivity contribution >= 4 is 5.97 Å². The molecule has 13 nitrogen and oxygen atoms in total. The van der Waals surface area contributed by atoms with Gasteiger partial charge < -0.3 is 56.8 Å². The monoisotopic (exact) mass is 642 g/mol. The zero-order chi connectivity index (χ0) is 32.2. The van der Waals surface area contributed by atoms with Gasteiger partial charge in [-0.2, -0.15) is 0 Å². The summed E-state index contributed by atoms with van der Waals surface area (Å²) in [5.41, 5.74) is -0.508. The van der Waals surface area contributed by atoms with Crippen LogP contribution in [0, 0.1) is 0 Å². The third-order valence-electron chi connectivity index (χ3n) is 5.25. The third-order valence-corrected chi connectivity index (χ3v) is 5.25. The predicted octanol–water partition coefficient (Wildman–Crippen LogP) is 2.70. The van der Waals surface area contributed by atoms with E-state index in [0.717, 1.165) is 13.0 Å². The first-order valence-corrected chi connectivity index (χ1v) is 16.0. The normalized spacial score (nSPS) is 11.8. The Balaban J connectivity index is 3.09. The topological polar surface area (TPSA) is 128 Å². The molecule has 0 aliphatic heterocycles. The number of carbonyl (C=O) groups is 1. The van der Waals surface area contributed by atoms with E-state index in [0.29, 0.717) is 132 Å². The molecule has 0 spiro atoms. The summed E-state index contributed by atoms with van der Waals surface area (Å²) in [4.78, 5) is 11.5. The Bertz CT molecular complexity index is 575. The summed E-state index contributed by atoms with van der Waals surface area (Å²) < 4.78 is 64.9. The maximum Gasteiger partial charge on any atom is 0.332 e. The van der Waals surface area contributed by atoms with Gasteiger partial charge in [0.05, 0.1) is 132 Å². The van der Waals surface area contributed by atoms with Gasteiger partial charge >= 0.3 is 5.97 Å². The van der Waals surface area contributed by atoms with Crippen LogP contribution in [0.25, 0.3) is 0 Å². The minimum absolute atomic E-state index is 0.0807. The Morgan fingerprint density at radius 1 is 0.386 bits per heavy atom. The highest BCUT2D eigenvalue weighted by molar-refractivity contribution is 5.71. The first-order chi connectivity index (χ1) is 21.5. The van der Waals surface area contributed by atoms with E-state index in [4.69, 9.17) is 56.8 Å². The zero-order valence-corrected chi connectivity index (χ0v) is 28.0. The van der Waals surface area contributed by atoms with Crippen molar-refractivity contribution in [1.29, 1.82) is 0 Å². The second-order valence-corrected chi connectivity index (χ2v) is 10.5. The van der Waals surface area contributed by atoms with E-state index in [2.05, 4.69) is 6.92 Å². The summed E-state index contributed by atoms with van der Waals surface area (Å²) in [5, 5.41) is 0. The molecule has 0 aromatic carbocycles. The zero-order valence-electron chi connectivity index (χ0n) is 28.0. The van der Waals surface area contributed by atoms with E-state index in [1.54, 1.807) is 0 Å². The number of esters is 1. The van der Waals surface area contributed by atoms with Crippen LogP contribution in [-0.4, -0.2) is 157 Å². The third kappa shape index (κ3) is 39.1. The van der Waals surface area contributed by atoms with Gasteiger partial charge in [-0.05, 0) is 27.2 Å². The van der Waals surface area contributed by atoms with Gasteiger partial charge in [-0.15, -0.1) is 0 Å². The van der Waals surface area contributed by atoms with Crippen LogP contribution >= 0.6 is 0 Å². The smallest absolute Gasteiger partial charge is 0.332 e. The second-order valence-electron chi connectivity index (χ2n) is 10.5. The fraction of sp³-hybridized carbons (Fsp3) is 0.968. The first kappa shape index (κ1) is 43.0. The quantitative estimate of drug-likeness (QED) is 0.0735. The van der Waals surface area contributed by atoms with Gasteiger partial charge in [0, 0.05) is 6.61 Å². The lowest BCUT2D eigenvalue weighted by molar-refractivity contribution is -0.160. The fourth-order valence-corrected chi connectivity index (χ4v) is 3.18. The van der Waals surface area contributed by atoms with Crippen molar-refractivity contribution in [2.75, 3.05) is 145 Å². The average Bonchev–Trinajstić information content (AvgIpc) is 2.98. The summed E-state index contributed by atoms with van der Waals surface area (Å²) in [6.45, 7) is 18.4. The molecule has 0 aliphatic carbocycles. The molecule has 0 saturated carbocycles. The van der Waals surface area contributed by atoms with E-state index in [-0.39, 0.29) is 12.6 Å². The molecule has 0 amide bonds. The predicted molar refractivity (Wildman–Crippen MR) is 164 cm³/mol. The molecule has 0 radical (unpaired) electrons. The van der Waals surface area contributed by atoms with Crippen LogP contribution in [0.3, 0.4) is 0 Å². The van der Waals surface area contributed by atoms with Gasteiger partial charge in [-0.25, -0.2) is 4.79 Å². The Morgan fingerprint density at radius 2 is 0.636 bits per heavy atom. The molecule has 0 saturated heterocycles. The van der Waals surface area contributed by atoms with Crippen LogP contribution in [0.15, 0.2) is 0 Å². The van der Waals surface area contributed by atoms with Gasteiger partial charge in [0.2, 0.25) is 0 Å². The highest BCUT2D eigenvalue weighted by atomic mass is 16.6. The van der Waals surface area contributed by atoms with Crippen molar-refractivity contribution in [3.63, 3.8) is 0 Å². The van der Waals surface area contributed by atoms with Crippen LogP contribution in [-0.2, 0) is 61.6 Å². The maximum atomic E-state index is 11.5.